The summed E-state index contributed by atoms with van der Waals surface area (Å²) in [6.45, 7) is 3.49. The molecule has 1 aliphatic rings. The van der Waals surface area contributed by atoms with Crippen molar-refractivity contribution in [1.29, 1.82) is 0 Å². The SMILES string of the molecule is COc1ccc(Br)cc1CC(=O)N1CCCNCC1. The summed E-state index contributed by atoms with van der Waals surface area (Å²) in [7, 11) is 1.63. The van der Waals surface area contributed by atoms with Crippen molar-refractivity contribution in [3.05, 3.63) is 28.2 Å². The number of carbonyl (C=O) groups excluding carboxylic acids is 1. The molecule has 1 aromatic carbocycles. The van der Waals surface area contributed by atoms with Gasteiger partial charge in [0.2, 0.25) is 5.91 Å². The molecule has 0 saturated carbocycles. The van der Waals surface area contributed by atoms with Crippen LogP contribution in [-0.2, 0) is 11.2 Å². The quantitative estimate of drug-likeness (QED) is 0.921. The lowest BCUT2D eigenvalue weighted by molar-refractivity contribution is -0.130. The zero-order chi connectivity index (χ0) is 13.7. The molecule has 1 fully saturated rings. The van der Waals surface area contributed by atoms with Crippen LogP contribution in [0.4, 0.5) is 0 Å². The molecule has 104 valence electrons. The summed E-state index contributed by atoms with van der Waals surface area (Å²) in [6, 6.07) is 5.76. The van der Waals surface area contributed by atoms with Crippen LogP contribution in [0.5, 0.6) is 5.75 Å². The van der Waals surface area contributed by atoms with Crippen molar-refractivity contribution in [1.82, 2.24) is 10.2 Å². The van der Waals surface area contributed by atoms with Crippen molar-refractivity contribution in [3.63, 3.8) is 0 Å². The van der Waals surface area contributed by atoms with E-state index in [0.29, 0.717) is 6.42 Å². The van der Waals surface area contributed by atoms with E-state index in [0.717, 1.165) is 48.4 Å². The van der Waals surface area contributed by atoms with E-state index in [-0.39, 0.29) is 5.91 Å². The summed E-state index contributed by atoms with van der Waals surface area (Å²) in [5.74, 6) is 0.935. The highest BCUT2D eigenvalue weighted by Gasteiger charge is 2.17. The number of hydrogen-bond donors (Lipinski definition) is 1. The number of methoxy groups -OCH3 is 1. The summed E-state index contributed by atoms with van der Waals surface area (Å²) >= 11 is 3.43. The van der Waals surface area contributed by atoms with Crippen molar-refractivity contribution >= 4 is 21.8 Å². The van der Waals surface area contributed by atoms with Gasteiger partial charge in [-0.3, -0.25) is 4.79 Å². The average Bonchev–Trinajstić information content (AvgIpc) is 2.68. The Labute approximate surface area is 122 Å². The fourth-order valence-electron chi connectivity index (χ4n) is 2.26. The number of halogens is 1. The van der Waals surface area contributed by atoms with Crippen LogP contribution < -0.4 is 10.1 Å². The third-order valence-electron chi connectivity index (χ3n) is 3.28. The second-order valence-electron chi connectivity index (χ2n) is 4.62. The van der Waals surface area contributed by atoms with Crippen LogP contribution in [-0.4, -0.2) is 44.1 Å². The molecule has 0 unspecified atom stereocenters. The van der Waals surface area contributed by atoms with E-state index in [1.165, 1.54) is 0 Å². The molecule has 1 aromatic rings. The first-order valence-electron chi connectivity index (χ1n) is 6.51. The van der Waals surface area contributed by atoms with Crippen LogP contribution in [0.1, 0.15) is 12.0 Å². The van der Waals surface area contributed by atoms with Gasteiger partial charge in [0, 0.05) is 29.7 Å². The van der Waals surface area contributed by atoms with Gasteiger partial charge in [0.25, 0.3) is 0 Å². The second kappa shape index (κ2) is 6.91. The number of hydrogen-bond acceptors (Lipinski definition) is 3. The number of ether oxygens (including phenoxy) is 1. The molecule has 4 nitrogen and oxygen atoms in total. The van der Waals surface area contributed by atoms with Crippen LogP contribution in [0.25, 0.3) is 0 Å². The summed E-state index contributed by atoms with van der Waals surface area (Å²) in [4.78, 5) is 14.3. The molecule has 1 saturated heterocycles. The molecule has 1 aliphatic heterocycles. The van der Waals surface area contributed by atoms with Gasteiger partial charge < -0.3 is 15.0 Å². The van der Waals surface area contributed by atoms with Crippen molar-refractivity contribution in [2.45, 2.75) is 12.8 Å². The van der Waals surface area contributed by atoms with E-state index in [2.05, 4.69) is 21.2 Å². The highest BCUT2D eigenvalue weighted by Crippen LogP contribution is 2.23. The number of benzene rings is 1. The molecular formula is C14H19BrN2O2. The van der Waals surface area contributed by atoms with Crippen molar-refractivity contribution < 1.29 is 9.53 Å². The highest BCUT2D eigenvalue weighted by atomic mass is 79.9. The number of nitrogens with one attached hydrogen (secondary N) is 1. The fourth-order valence-corrected chi connectivity index (χ4v) is 2.66. The predicted molar refractivity (Wildman–Crippen MR) is 78.5 cm³/mol. The standard InChI is InChI=1S/C14H19BrN2O2/c1-19-13-4-3-12(15)9-11(13)10-14(18)17-7-2-5-16-6-8-17/h3-4,9,16H,2,5-8,10H2,1H3. The van der Waals surface area contributed by atoms with Gasteiger partial charge in [-0.2, -0.15) is 0 Å². The van der Waals surface area contributed by atoms with Crippen LogP contribution >= 0.6 is 15.9 Å². The van der Waals surface area contributed by atoms with Crippen LogP contribution in [0.3, 0.4) is 0 Å². The molecule has 0 radical (unpaired) electrons. The molecule has 0 aromatic heterocycles. The Balaban J connectivity index is 2.07. The van der Waals surface area contributed by atoms with Gasteiger partial charge in [0.1, 0.15) is 5.75 Å². The molecule has 0 aliphatic carbocycles. The van der Waals surface area contributed by atoms with Gasteiger partial charge in [-0.25, -0.2) is 0 Å². The predicted octanol–water partition coefficient (Wildman–Crippen LogP) is 1.82. The smallest absolute Gasteiger partial charge is 0.227 e. The van der Waals surface area contributed by atoms with E-state index in [9.17, 15) is 4.79 Å². The Morgan fingerprint density at radius 2 is 2.26 bits per heavy atom. The zero-order valence-corrected chi connectivity index (χ0v) is 12.7. The minimum Gasteiger partial charge on any atom is -0.496 e. The normalized spacial score (nSPS) is 16.0. The second-order valence-corrected chi connectivity index (χ2v) is 5.53. The van der Waals surface area contributed by atoms with E-state index in [4.69, 9.17) is 4.74 Å². The van der Waals surface area contributed by atoms with Crippen molar-refractivity contribution in [3.8, 4) is 5.75 Å². The minimum atomic E-state index is 0.167. The molecular weight excluding hydrogens is 308 g/mol. The maximum absolute atomic E-state index is 12.3. The monoisotopic (exact) mass is 326 g/mol. The first kappa shape index (κ1) is 14.3. The van der Waals surface area contributed by atoms with E-state index >= 15 is 0 Å². The average molecular weight is 327 g/mol. The Morgan fingerprint density at radius 1 is 1.42 bits per heavy atom. The highest BCUT2D eigenvalue weighted by molar-refractivity contribution is 9.10. The Bertz CT molecular complexity index is 443. The third-order valence-corrected chi connectivity index (χ3v) is 3.77. The molecule has 0 atom stereocenters. The molecule has 1 N–H and O–H groups in total. The zero-order valence-electron chi connectivity index (χ0n) is 11.1. The molecule has 2 rings (SSSR count). The van der Waals surface area contributed by atoms with Crippen molar-refractivity contribution in [2.75, 3.05) is 33.3 Å². The van der Waals surface area contributed by atoms with Gasteiger partial charge in [-0.05, 0) is 31.2 Å². The first-order chi connectivity index (χ1) is 9.20. The molecule has 5 heteroatoms. The minimum absolute atomic E-state index is 0.167. The van der Waals surface area contributed by atoms with Gasteiger partial charge in [-0.15, -0.1) is 0 Å². The molecule has 0 bridgehead atoms. The lowest BCUT2D eigenvalue weighted by Crippen LogP contribution is -2.35. The number of amides is 1. The van der Waals surface area contributed by atoms with Crippen LogP contribution in [0.2, 0.25) is 0 Å². The van der Waals surface area contributed by atoms with Crippen molar-refractivity contribution in [2.24, 2.45) is 0 Å². The Kier molecular flexibility index (Phi) is 5.22. The third kappa shape index (κ3) is 3.94. The fraction of sp³-hybridized carbons (Fsp3) is 0.500. The van der Waals surface area contributed by atoms with Gasteiger partial charge in [0.15, 0.2) is 0 Å². The van der Waals surface area contributed by atoms with Gasteiger partial charge in [-0.1, -0.05) is 15.9 Å². The Morgan fingerprint density at radius 3 is 3.05 bits per heavy atom. The molecule has 19 heavy (non-hydrogen) atoms. The largest absolute Gasteiger partial charge is 0.496 e. The van der Waals surface area contributed by atoms with E-state index in [1.807, 2.05) is 23.1 Å². The van der Waals surface area contributed by atoms with Crippen LogP contribution in [0, 0.1) is 0 Å². The first-order valence-corrected chi connectivity index (χ1v) is 7.31. The molecule has 1 amide bonds. The lowest BCUT2D eigenvalue weighted by Gasteiger charge is -2.20. The number of rotatable bonds is 3. The topological polar surface area (TPSA) is 41.6 Å². The summed E-state index contributed by atoms with van der Waals surface area (Å²) in [6.07, 6.45) is 1.41. The lowest BCUT2D eigenvalue weighted by atomic mass is 10.1. The molecule has 1 heterocycles. The molecule has 0 spiro atoms. The summed E-state index contributed by atoms with van der Waals surface area (Å²) in [5, 5.41) is 3.30. The Hall–Kier alpha value is -1.07. The summed E-state index contributed by atoms with van der Waals surface area (Å²) < 4.78 is 6.28. The maximum Gasteiger partial charge on any atom is 0.227 e. The van der Waals surface area contributed by atoms with Gasteiger partial charge in [0.05, 0.1) is 13.5 Å². The van der Waals surface area contributed by atoms with E-state index < -0.39 is 0 Å². The van der Waals surface area contributed by atoms with E-state index in [1.54, 1.807) is 7.11 Å². The summed E-state index contributed by atoms with van der Waals surface area (Å²) in [5.41, 5.74) is 0.930. The van der Waals surface area contributed by atoms with Gasteiger partial charge >= 0.3 is 0 Å². The number of nitrogens with zero attached hydrogens (tertiary/aromatic N) is 1. The maximum atomic E-state index is 12.3. The number of carbonyl (C=O) groups is 1. The van der Waals surface area contributed by atoms with Crippen LogP contribution in [0.15, 0.2) is 22.7 Å².